The van der Waals surface area contributed by atoms with Crippen LogP contribution in [0.3, 0.4) is 0 Å². The first-order valence-corrected chi connectivity index (χ1v) is 6.50. The van der Waals surface area contributed by atoms with E-state index in [0.717, 1.165) is 17.5 Å². The van der Waals surface area contributed by atoms with Gasteiger partial charge in [0.2, 0.25) is 0 Å². The van der Waals surface area contributed by atoms with Crippen LogP contribution in [0, 0.1) is 0 Å². The lowest BCUT2D eigenvalue weighted by molar-refractivity contribution is -0.137. The van der Waals surface area contributed by atoms with Gasteiger partial charge in [-0.15, -0.1) is 5.10 Å². The minimum Gasteiger partial charge on any atom is -0.480 e. The lowest BCUT2D eigenvalue weighted by atomic mass is 10.3. The average molecular weight is 284 g/mol. The second kappa shape index (κ2) is 8.26. The summed E-state index contributed by atoms with van der Waals surface area (Å²) in [6.07, 6.45) is 3.20. The normalized spacial score (nSPS) is 10.8. The molecule has 1 amide bonds. The number of unbranched alkanes of at least 4 members (excludes halogenated alkanes) is 1. The summed E-state index contributed by atoms with van der Waals surface area (Å²) in [6.45, 7) is 4.83. The lowest BCUT2D eigenvalue weighted by Gasteiger charge is -2.07. The average Bonchev–Trinajstić information content (AvgIpc) is 2.80. The van der Waals surface area contributed by atoms with E-state index in [4.69, 9.17) is 9.84 Å². The molecule has 1 heterocycles. The highest BCUT2D eigenvalue weighted by Gasteiger charge is 2.11. The third-order valence-electron chi connectivity index (χ3n) is 2.38. The number of hydrogen-bond acceptors (Lipinski definition) is 5. The molecule has 1 rings (SSSR count). The molecule has 0 spiro atoms. The molecule has 1 aromatic heterocycles. The fourth-order valence-electron chi connectivity index (χ4n) is 1.46. The molecule has 20 heavy (non-hydrogen) atoms. The molecule has 0 unspecified atom stereocenters. The molecule has 112 valence electrons. The van der Waals surface area contributed by atoms with E-state index in [-0.39, 0.29) is 24.2 Å². The second-order valence-electron chi connectivity index (χ2n) is 4.58. The maximum Gasteiger partial charge on any atom is 0.325 e. The molecule has 0 saturated heterocycles. The van der Waals surface area contributed by atoms with E-state index in [0.29, 0.717) is 13.2 Å². The molecular formula is C12H20N4O4. The Morgan fingerprint density at radius 3 is 2.85 bits per heavy atom. The van der Waals surface area contributed by atoms with E-state index in [1.165, 1.54) is 6.20 Å². The number of aromatic nitrogens is 3. The number of ether oxygens (including phenoxy) is 1. The molecule has 0 aliphatic rings. The molecule has 0 atom stereocenters. The van der Waals surface area contributed by atoms with Gasteiger partial charge in [0.15, 0.2) is 5.69 Å². The van der Waals surface area contributed by atoms with Crippen LogP contribution in [0.4, 0.5) is 0 Å². The van der Waals surface area contributed by atoms with E-state index < -0.39 is 5.97 Å². The number of amides is 1. The van der Waals surface area contributed by atoms with Gasteiger partial charge in [-0.1, -0.05) is 5.21 Å². The number of carbonyl (C=O) groups excluding carboxylic acids is 1. The van der Waals surface area contributed by atoms with E-state index in [2.05, 4.69) is 15.6 Å². The van der Waals surface area contributed by atoms with Crippen molar-refractivity contribution in [3.8, 4) is 0 Å². The Kier molecular flexibility index (Phi) is 6.65. The zero-order chi connectivity index (χ0) is 15.0. The van der Waals surface area contributed by atoms with Crippen LogP contribution >= 0.6 is 0 Å². The van der Waals surface area contributed by atoms with Crippen LogP contribution in [0.15, 0.2) is 6.20 Å². The SMILES string of the molecule is CC(C)OCCCCNC(=O)c1cn(CC(=O)O)nn1. The summed E-state index contributed by atoms with van der Waals surface area (Å²) < 4.78 is 6.48. The number of carbonyl (C=O) groups is 2. The predicted molar refractivity (Wildman–Crippen MR) is 70.3 cm³/mol. The summed E-state index contributed by atoms with van der Waals surface area (Å²) in [5.74, 6) is -1.39. The first-order chi connectivity index (χ1) is 9.49. The fourth-order valence-corrected chi connectivity index (χ4v) is 1.46. The van der Waals surface area contributed by atoms with Crippen molar-refractivity contribution < 1.29 is 19.4 Å². The van der Waals surface area contributed by atoms with Crippen LogP contribution in [-0.4, -0.2) is 51.2 Å². The molecule has 1 aromatic rings. The van der Waals surface area contributed by atoms with E-state index in [1.54, 1.807) is 0 Å². The molecule has 0 aliphatic carbocycles. The molecule has 8 heteroatoms. The third-order valence-corrected chi connectivity index (χ3v) is 2.38. The zero-order valence-electron chi connectivity index (χ0n) is 11.7. The van der Waals surface area contributed by atoms with Gasteiger partial charge in [-0.2, -0.15) is 0 Å². The van der Waals surface area contributed by atoms with E-state index in [1.807, 2.05) is 13.8 Å². The zero-order valence-corrected chi connectivity index (χ0v) is 11.7. The smallest absolute Gasteiger partial charge is 0.325 e. The largest absolute Gasteiger partial charge is 0.480 e. The maximum atomic E-state index is 11.7. The highest BCUT2D eigenvalue weighted by molar-refractivity contribution is 5.91. The van der Waals surface area contributed by atoms with Crippen LogP contribution in [0.25, 0.3) is 0 Å². The van der Waals surface area contributed by atoms with E-state index >= 15 is 0 Å². The summed E-state index contributed by atoms with van der Waals surface area (Å²) in [4.78, 5) is 22.1. The fraction of sp³-hybridized carbons (Fsp3) is 0.667. The van der Waals surface area contributed by atoms with Gasteiger partial charge < -0.3 is 15.2 Å². The van der Waals surface area contributed by atoms with Gasteiger partial charge in [0.05, 0.1) is 12.3 Å². The maximum absolute atomic E-state index is 11.7. The molecule has 0 saturated carbocycles. The predicted octanol–water partition coefficient (Wildman–Crippen LogP) is 0.298. The van der Waals surface area contributed by atoms with Gasteiger partial charge >= 0.3 is 5.97 Å². The van der Waals surface area contributed by atoms with Crippen LogP contribution < -0.4 is 5.32 Å². The number of hydrogen-bond donors (Lipinski definition) is 2. The summed E-state index contributed by atoms with van der Waals surface area (Å²) >= 11 is 0. The van der Waals surface area contributed by atoms with Crippen LogP contribution in [-0.2, 0) is 16.1 Å². The second-order valence-corrected chi connectivity index (χ2v) is 4.58. The number of nitrogens with zero attached hydrogens (tertiary/aromatic N) is 3. The van der Waals surface area contributed by atoms with Crippen molar-refractivity contribution in [1.82, 2.24) is 20.3 Å². The van der Waals surface area contributed by atoms with Gasteiger partial charge in [-0.05, 0) is 26.7 Å². The highest BCUT2D eigenvalue weighted by Crippen LogP contribution is 1.96. The van der Waals surface area contributed by atoms with Crippen molar-refractivity contribution in [3.05, 3.63) is 11.9 Å². The number of rotatable bonds is 9. The van der Waals surface area contributed by atoms with Crippen LogP contribution in [0.5, 0.6) is 0 Å². The molecule has 8 nitrogen and oxygen atoms in total. The van der Waals surface area contributed by atoms with Crippen LogP contribution in [0.2, 0.25) is 0 Å². The Morgan fingerprint density at radius 1 is 1.45 bits per heavy atom. The Balaban J connectivity index is 2.22. The summed E-state index contributed by atoms with van der Waals surface area (Å²) in [5.41, 5.74) is 0.115. The minimum atomic E-state index is -1.04. The summed E-state index contributed by atoms with van der Waals surface area (Å²) in [7, 11) is 0. The first-order valence-electron chi connectivity index (χ1n) is 6.50. The molecule has 0 radical (unpaired) electrons. The first kappa shape index (κ1) is 16.1. The molecule has 0 aromatic carbocycles. The Hall–Kier alpha value is -1.96. The lowest BCUT2D eigenvalue weighted by Crippen LogP contribution is -2.25. The Labute approximate surface area is 117 Å². The molecule has 2 N–H and O–H groups in total. The molecule has 0 fully saturated rings. The third kappa shape index (κ3) is 6.28. The van der Waals surface area contributed by atoms with Gasteiger partial charge in [-0.25, -0.2) is 4.68 Å². The Bertz CT molecular complexity index is 444. The van der Waals surface area contributed by atoms with Gasteiger partial charge in [-0.3, -0.25) is 9.59 Å². The van der Waals surface area contributed by atoms with Gasteiger partial charge in [0, 0.05) is 13.2 Å². The quantitative estimate of drug-likeness (QED) is 0.632. The van der Waals surface area contributed by atoms with Gasteiger partial charge in [0.1, 0.15) is 6.54 Å². The van der Waals surface area contributed by atoms with Crippen molar-refractivity contribution in [1.29, 1.82) is 0 Å². The minimum absolute atomic E-state index is 0.115. The van der Waals surface area contributed by atoms with Crippen molar-refractivity contribution >= 4 is 11.9 Å². The van der Waals surface area contributed by atoms with Crippen molar-refractivity contribution in [2.75, 3.05) is 13.2 Å². The Morgan fingerprint density at radius 2 is 2.20 bits per heavy atom. The summed E-state index contributed by atoms with van der Waals surface area (Å²) in [5, 5.41) is 18.5. The molecule has 0 bridgehead atoms. The van der Waals surface area contributed by atoms with Crippen LogP contribution in [0.1, 0.15) is 37.2 Å². The monoisotopic (exact) mass is 284 g/mol. The van der Waals surface area contributed by atoms with Gasteiger partial charge in [0.25, 0.3) is 5.91 Å². The number of nitrogens with one attached hydrogen (secondary N) is 1. The summed E-state index contributed by atoms with van der Waals surface area (Å²) in [6, 6.07) is 0. The number of carboxylic acids is 1. The van der Waals surface area contributed by atoms with Crippen molar-refractivity contribution in [3.63, 3.8) is 0 Å². The molecule has 0 aliphatic heterocycles. The molecular weight excluding hydrogens is 264 g/mol. The standard InChI is InChI=1S/C12H20N4O4/c1-9(2)20-6-4-3-5-13-12(19)10-7-16(15-14-10)8-11(17)18/h7,9H,3-6,8H2,1-2H3,(H,13,19)(H,17,18). The number of carboxylic acid groups (broad SMARTS) is 1. The van der Waals surface area contributed by atoms with E-state index in [9.17, 15) is 9.59 Å². The number of aliphatic carboxylic acids is 1. The van der Waals surface area contributed by atoms with Crippen molar-refractivity contribution in [2.45, 2.75) is 39.3 Å². The van der Waals surface area contributed by atoms with Crippen molar-refractivity contribution in [2.24, 2.45) is 0 Å². The topological polar surface area (TPSA) is 106 Å². The highest BCUT2D eigenvalue weighted by atomic mass is 16.5.